The third-order valence-electron chi connectivity index (χ3n) is 4.38. The Morgan fingerprint density at radius 1 is 1.12 bits per heavy atom. The molecule has 0 spiro atoms. The molecule has 0 bridgehead atoms. The first-order valence-electron chi connectivity index (χ1n) is 8.36. The molecule has 0 fully saturated rings. The fourth-order valence-electron chi connectivity index (χ4n) is 2.92. The number of sulfonamides is 1. The van der Waals surface area contributed by atoms with Gasteiger partial charge in [-0.3, -0.25) is 4.79 Å². The van der Waals surface area contributed by atoms with Crippen LogP contribution in [0.1, 0.15) is 30.0 Å². The monoisotopic (exact) mass is 371 g/mol. The van der Waals surface area contributed by atoms with Crippen LogP contribution in [-0.4, -0.2) is 35.1 Å². The number of aromatic nitrogens is 2. The van der Waals surface area contributed by atoms with E-state index in [1.165, 1.54) is 42.5 Å². The zero-order valence-electron chi connectivity index (χ0n) is 15.0. The average Bonchev–Trinajstić information content (AvgIpc) is 2.98. The van der Waals surface area contributed by atoms with E-state index in [2.05, 4.69) is 4.98 Å². The molecule has 7 heteroatoms. The van der Waals surface area contributed by atoms with Crippen LogP contribution in [0, 0.1) is 0 Å². The minimum Gasteiger partial charge on any atom is -0.327 e. The number of carbonyl (C=O) groups excluding carboxylic acids is 1. The second-order valence-electron chi connectivity index (χ2n) is 6.10. The summed E-state index contributed by atoms with van der Waals surface area (Å²) in [5.74, 6) is 0.596. The molecule has 136 valence electrons. The van der Waals surface area contributed by atoms with Gasteiger partial charge >= 0.3 is 0 Å². The molecule has 0 unspecified atom stereocenters. The van der Waals surface area contributed by atoms with E-state index in [9.17, 15) is 13.2 Å². The maximum atomic E-state index is 12.8. The van der Waals surface area contributed by atoms with Crippen LogP contribution in [0.2, 0.25) is 0 Å². The number of ketones is 1. The first kappa shape index (κ1) is 18.3. The van der Waals surface area contributed by atoms with Crippen LogP contribution < -0.4 is 0 Å². The van der Waals surface area contributed by atoms with Crippen molar-refractivity contribution < 1.29 is 13.2 Å². The number of carbonyl (C=O) groups is 1. The van der Waals surface area contributed by atoms with Crippen LogP contribution in [0.25, 0.3) is 11.0 Å². The molecular weight excluding hydrogens is 350 g/mol. The fraction of sp³-hybridized carbons (Fsp3) is 0.263. The molecule has 2 aromatic carbocycles. The molecule has 3 aromatic rings. The predicted molar refractivity (Wildman–Crippen MR) is 101 cm³/mol. The molecule has 0 N–H and O–H groups in total. The molecule has 0 saturated heterocycles. The van der Waals surface area contributed by atoms with E-state index in [-0.39, 0.29) is 17.2 Å². The highest BCUT2D eigenvalue weighted by molar-refractivity contribution is 7.89. The van der Waals surface area contributed by atoms with Gasteiger partial charge in [-0.05, 0) is 38.1 Å². The lowest BCUT2D eigenvalue weighted by Gasteiger charge is -2.17. The summed E-state index contributed by atoms with van der Waals surface area (Å²) in [6.07, 6.45) is 0. The number of fused-ring (bicyclic) bond motifs is 1. The van der Waals surface area contributed by atoms with E-state index in [0.717, 1.165) is 11.0 Å². The highest BCUT2D eigenvalue weighted by atomic mass is 32.2. The van der Waals surface area contributed by atoms with Crippen molar-refractivity contribution in [3.63, 3.8) is 0 Å². The van der Waals surface area contributed by atoms with Crippen molar-refractivity contribution in [1.82, 2.24) is 13.9 Å². The van der Waals surface area contributed by atoms with Crippen molar-refractivity contribution in [3.8, 4) is 0 Å². The average molecular weight is 371 g/mol. The van der Waals surface area contributed by atoms with Crippen molar-refractivity contribution in [3.05, 3.63) is 59.9 Å². The quantitative estimate of drug-likeness (QED) is 0.624. The highest BCUT2D eigenvalue weighted by Gasteiger charge is 2.23. The van der Waals surface area contributed by atoms with Gasteiger partial charge in [0.1, 0.15) is 5.82 Å². The first-order chi connectivity index (χ1) is 12.3. The minimum atomic E-state index is -3.67. The summed E-state index contributed by atoms with van der Waals surface area (Å²) in [6.45, 7) is 4.33. The van der Waals surface area contributed by atoms with E-state index >= 15 is 0 Å². The lowest BCUT2D eigenvalue weighted by atomic mass is 10.2. The molecule has 3 rings (SSSR count). The molecule has 0 radical (unpaired) electrons. The second kappa shape index (κ2) is 7.01. The van der Waals surface area contributed by atoms with E-state index in [4.69, 9.17) is 0 Å². The van der Waals surface area contributed by atoms with E-state index in [0.29, 0.717) is 17.9 Å². The summed E-state index contributed by atoms with van der Waals surface area (Å²) in [7, 11) is -2.14. The summed E-state index contributed by atoms with van der Waals surface area (Å²) >= 11 is 0. The number of rotatable bonds is 6. The van der Waals surface area contributed by atoms with Gasteiger partial charge in [0.05, 0.1) is 22.5 Å². The molecule has 0 aliphatic heterocycles. The van der Waals surface area contributed by atoms with Gasteiger partial charge in [0.25, 0.3) is 0 Å². The predicted octanol–water partition coefficient (Wildman–Crippen LogP) is 3.08. The van der Waals surface area contributed by atoms with Crippen LogP contribution in [-0.2, 0) is 23.1 Å². The van der Waals surface area contributed by atoms with Crippen LogP contribution in [0.3, 0.4) is 0 Å². The molecule has 0 saturated carbocycles. The third kappa shape index (κ3) is 3.27. The molecule has 0 atom stereocenters. The Morgan fingerprint density at radius 2 is 1.77 bits per heavy atom. The summed E-state index contributed by atoms with van der Waals surface area (Å²) < 4.78 is 29.0. The standard InChI is InChI=1S/C19H21N3O3S/c1-4-22-18-8-6-5-7-17(18)20-19(22)13-21(3)26(24,25)16-11-9-15(10-12-16)14(2)23/h5-12H,4,13H2,1-3H3. The van der Waals surface area contributed by atoms with Crippen molar-refractivity contribution in [2.24, 2.45) is 0 Å². The van der Waals surface area contributed by atoms with Gasteiger partial charge in [0, 0.05) is 19.2 Å². The summed E-state index contributed by atoms with van der Waals surface area (Å²) in [4.78, 5) is 16.1. The lowest BCUT2D eigenvalue weighted by Crippen LogP contribution is -2.28. The van der Waals surface area contributed by atoms with Crippen LogP contribution in [0.5, 0.6) is 0 Å². The minimum absolute atomic E-state index is 0.0982. The number of hydrogen-bond acceptors (Lipinski definition) is 4. The van der Waals surface area contributed by atoms with Crippen molar-refractivity contribution >= 4 is 26.8 Å². The van der Waals surface area contributed by atoms with Gasteiger partial charge in [-0.25, -0.2) is 13.4 Å². The fourth-order valence-corrected chi connectivity index (χ4v) is 4.05. The Labute approximate surface area is 153 Å². The Kier molecular flexibility index (Phi) is 4.93. The topological polar surface area (TPSA) is 72.3 Å². The third-order valence-corrected chi connectivity index (χ3v) is 6.20. The van der Waals surface area contributed by atoms with Crippen molar-refractivity contribution in [1.29, 1.82) is 0 Å². The zero-order valence-corrected chi connectivity index (χ0v) is 15.8. The largest absolute Gasteiger partial charge is 0.327 e. The lowest BCUT2D eigenvalue weighted by molar-refractivity contribution is 0.101. The normalized spacial score (nSPS) is 12.0. The summed E-state index contributed by atoms with van der Waals surface area (Å²) in [6, 6.07) is 13.7. The second-order valence-corrected chi connectivity index (χ2v) is 8.15. The summed E-state index contributed by atoms with van der Waals surface area (Å²) in [5, 5.41) is 0. The van der Waals surface area contributed by atoms with Crippen LogP contribution in [0.4, 0.5) is 0 Å². The van der Waals surface area contributed by atoms with E-state index in [1.807, 2.05) is 35.8 Å². The first-order valence-corrected chi connectivity index (χ1v) is 9.80. The van der Waals surface area contributed by atoms with E-state index < -0.39 is 10.0 Å². The Hall–Kier alpha value is -2.51. The van der Waals surface area contributed by atoms with Gasteiger partial charge in [-0.1, -0.05) is 24.3 Å². The molecule has 1 heterocycles. The summed E-state index contributed by atoms with van der Waals surface area (Å²) in [5.41, 5.74) is 2.32. The molecule has 26 heavy (non-hydrogen) atoms. The number of hydrogen-bond donors (Lipinski definition) is 0. The number of benzene rings is 2. The van der Waals surface area contributed by atoms with Crippen molar-refractivity contribution in [2.75, 3.05) is 7.05 Å². The highest BCUT2D eigenvalue weighted by Crippen LogP contribution is 2.21. The number of aryl methyl sites for hydroxylation is 1. The Bertz CT molecular complexity index is 1050. The Morgan fingerprint density at radius 3 is 2.38 bits per heavy atom. The molecular formula is C19H21N3O3S. The van der Waals surface area contributed by atoms with Crippen LogP contribution in [0.15, 0.2) is 53.4 Å². The van der Waals surface area contributed by atoms with Crippen molar-refractivity contribution in [2.45, 2.75) is 31.8 Å². The smallest absolute Gasteiger partial charge is 0.243 e. The van der Waals surface area contributed by atoms with Gasteiger partial charge in [-0.2, -0.15) is 4.31 Å². The number of Topliss-reactive ketones (excluding diaryl/α,β-unsaturated/α-hetero) is 1. The SMILES string of the molecule is CCn1c(CN(C)S(=O)(=O)c2ccc(C(C)=O)cc2)nc2ccccc21. The number of imidazole rings is 1. The van der Waals surface area contributed by atoms with Gasteiger partial charge in [-0.15, -0.1) is 0 Å². The van der Waals surface area contributed by atoms with Gasteiger partial charge < -0.3 is 4.57 Å². The molecule has 0 aliphatic rings. The van der Waals surface area contributed by atoms with Gasteiger partial charge in [0.15, 0.2) is 5.78 Å². The Balaban J connectivity index is 1.91. The molecule has 6 nitrogen and oxygen atoms in total. The van der Waals surface area contributed by atoms with Gasteiger partial charge in [0.2, 0.25) is 10.0 Å². The molecule has 0 amide bonds. The number of nitrogens with zero attached hydrogens (tertiary/aromatic N) is 3. The number of para-hydroxylation sites is 2. The maximum Gasteiger partial charge on any atom is 0.243 e. The van der Waals surface area contributed by atoms with Crippen LogP contribution >= 0.6 is 0 Å². The van der Waals surface area contributed by atoms with E-state index in [1.54, 1.807) is 0 Å². The molecule has 0 aliphatic carbocycles. The molecule has 1 aromatic heterocycles. The maximum absolute atomic E-state index is 12.8. The zero-order chi connectivity index (χ0) is 18.9.